The Morgan fingerprint density at radius 3 is 2.94 bits per heavy atom. The second-order valence-electron chi connectivity index (χ2n) is 4.15. The topological polar surface area (TPSA) is 46.3 Å². The molecule has 1 aromatic rings. The smallest absolute Gasteiger partial charge is 0.227 e. The quantitative estimate of drug-likeness (QED) is 0.811. The van der Waals surface area contributed by atoms with Crippen molar-refractivity contribution in [3.63, 3.8) is 0 Å². The number of hydrogen-bond donors (Lipinski definition) is 1. The van der Waals surface area contributed by atoms with Gasteiger partial charge in [0.2, 0.25) is 5.91 Å². The number of benzene rings is 1. The molecule has 1 saturated heterocycles. The summed E-state index contributed by atoms with van der Waals surface area (Å²) < 4.78 is 13.6. The van der Waals surface area contributed by atoms with E-state index in [1.807, 2.05) is 0 Å². The predicted molar refractivity (Wildman–Crippen MR) is 64.9 cm³/mol. The summed E-state index contributed by atoms with van der Waals surface area (Å²) >= 11 is 0. The van der Waals surface area contributed by atoms with E-state index in [9.17, 15) is 9.18 Å². The Balaban J connectivity index is 2.38. The maximum atomic E-state index is 13.6. The number of rotatable bonds is 3. The van der Waals surface area contributed by atoms with Crippen molar-refractivity contribution in [2.75, 3.05) is 11.4 Å². The number of halogens is 1. The van der Waals surface area contributed by atoms with Crippen LogP contribution in [-0.2, 0) is 11.3 Å². The lowest BCUT2D eigenvalue weighted by Crippen LogP contribution is -2.26. The zero-order valence-electron chi connectivity index (χ0n) is 9.53. The van der Waals surface area contributed by atoms with Crippen molar-refractivity contribution in [3.8, 4) is 0 Å². The van der Waals surface area contributed by atoms with Crippen LogP contribution in [0.15, 0.2) is 30.9 Å². The van der Waals surface area contributed by atoms with Crippen molar-refractivity contribution in [2.45, 2.75) is 13.0 Å². The zero-order valence-corrected chi connectivity index (χ0v) is 9.53. The fraction of sp³-hybridized carbons (Fsp3) is 0.308. The molecule has 1 aliphatic heterocycles. The van der Waals surface area contributed by atoms with Crippen LogP contribution in [0.3, 0.4) is 0 Å². The number of anilines is 1. The number of nitrogens with zero attached hydrogens (tertiary/aromatic N) is 1. The molecule has 2 N–H and O–H groups in total. The van der Waals surface area contributed by atoms with Crippen LogP contribution >= 0.6 is 0 Å². The van der Waals surface area contributed by atoms with Gasteiger partial charge >= 0.3 is 0 Å². The molecule has 0 aliphatic carbocycles. The first-order chi connectivity index (χ1) is 8.17. The normalized spacial score (nSPS) is 19.8. The number of amides is 1. The van der Waals surface area contributed by atoms with Gasteiger partial charge in [-0.05, 0) is 12.1 Å². The van der Waals surface area contributed by atoms with Gasteiger partial charge < -0.3 is 10.6 Å². The average molecular weight is 234 g/mol. The standard InChI is InChI=1S/C13H15FN2O/c1-2-9-6-13(17)16(8-9)12-5-3-4-11(14)10(12)7-15/h2-5,9H,1,6-8,15H2. The van der Waals surface area contributed by atoms with E-state index in [0.717, 1.165) is 0 Å². The first-order valence-corrected chi connectivity index (χ1v) is 5.57. The summed E-state index contributed by atoms with van der Waals surface area (Å²) in [5, 5.41) is 0. The van der Waals surface area contributed by atoms with Crippen LogP contribution in [0.2, 0.25) is 0 Å². The second-order valence-corrected chi connectivity index (χ2v) is 4.15. The Labute approximate surface area is 99.7 Å². The third-order valence-electron chi connectivity index (χ3n) is 3.08. The molecule has 3 nitrogen and oxygen atoms in total. The molecule has 17 heavy (non-hydrogen) atoms. The molecule has 0 aromatic heterocycles. The highest BCUT2D eigenvalue weighted by atomic mass is 19.1. The minimum Gasteiger partial charge on any atom is -0.326 e. The molecule has 1 heterocycles. The van der Waals surface area contributed by atoms with Gasteiger partial charge in [-0.1, -0.05) is 12.1 Å². The molecular weight excluding hydrogens is 219 g/mol. The van der Waals surface area contributed by atoms with Gasteiger partial charge in [0.25, 0.3) is 0 Å². The van der Waals surface area contributed by atoms with Gasteiger partial charge in [0, 0.05) is 31.0 Å². The lowest BCUT2D eigenvalue weighted by atomic mass is 10.1. The van der Waals surface area contributed by atoms with Gasteiger partial charge in [-0.2, -0.15) is 0 Å². The Kier molecular flexibility index (Phi) is 3.24. The second kappa shape index (κ2) is 4.67. The molecule has 1 atom stereocenters. The molecule has 90 valence electrons. The van der Waals surface area contributed by atoms with E-state index in [1.54, 1.807) is 23.1 Å². The highest BCUT2D eigenvalue weighted by Gasteiger charge is 2.30. The lowest BCUT2D eigenvalue weighted by Gasteiger charge is -2.19. The molecule has 1 unspecified atom stereocenters. The van der Waals surface area contributed by atoms with Gasteiger partial charge in [-0.15, -0.1) is 6.58 Å². The molecular formula is C13H15FN2O. The van der Waals surface area contributed by atoms with Crippen LogP contribution in [0.25, 0.3) is 0 Å². The number of carbonyl (C=O) groups is 1. The maximum Gasteiger partial charge on any atom is 0.227 e. The highest BCUT2D eigenvalue weighted by molar-refractivity contribution is 5.96. The molecule has 2 rings (SSSR count). The van der Waals surface area contributed by atoms with Gasteiger partial charge in [0.05, 0.1) is 5.69 Å². The first kappa shape index (κ1) is 11.8. The lowest BCUT2D eigenvalue weighted by molar-refractivity contribution is -0.117. The predicted octanol–water partition coefficient (Wildman–Crippen LogP) is 1.82. The molecule has 1 amide bonds. The van der Waals surface area contributed by atoms with Crippen LogP contribution < -0.4 is 10.6 Å². The summed E-state index contributed by atoms with van der Waals surface area (Å²) in [6.45, 7) is 4.33. The number of carbonyl (C=O) groups excluding carboxylic acids is 1. The monoisotopic (exact) mass is 234 g/mol. The Morgan fingerprint density at radius 2 is 2.35 bits per heavy atom. The minimum atomic E-state index is -0.361. The van der Waals surface area contributed by atoms with Crippen LogP contribution in [0.1, 0.15) is 12.0 Å². The fourth-order valence-corrected chi connectivity index (χ4v) is 2.13. The van der Waals surface area contributed by atoms with Gasteiger partial charge in [0.15, 0.2) is 0 Å². The summed E-state index contributed by atoms with van der Waals surface area (Å²) in [6.07, 6.45) is 2.20. The summed E-state index contributed by atoms with van der Waals surface area (Å²) in [4.78, 5) is 13.4. The minimum absolute atomic E-state index is 0.00444. The Morgan fingerprint density at radius 1 is 1.59 bits per heavy atom. The van der Waals surface area contributed by atoms with Gasteiger partial charge in [-0.25, -0.2) is 4.39 Å². The molecule has 1 aliphatic rings. The molecule has 4 heteroatoms. The van der Waals surface area contributed by atoms with Crippen molar-refractivity contribution in [2.24, 2.45) is 11.7 Å². The third kappa shape index (κ3) is 2.08. The molecule has 1 fully saturated rings. The average Bonchev–Trinajstić information content (AvgIpc) is 2.70. The summed E-state index contributed by atoms with van der Waals surface area (Å²) in [6, 6.07) is 4.68. The van der Waals surface area contributed by atoms with E-state index in [1.165, 1.54) is 6.07 Å². The molecule has 0 radical (unpaired) electrons. The van der Waals surface area contributed by atoms with Gasteiger partial charge in [-0.3, -0.25) is 4.79 Å². The van der Waals surface area contributed by atoms with Crippen LogP contribution in [0.5, 0.6) is 0 Å². The van der Waals surface area contributed by atoms with Crippen molar-refractivity contribution < 1.29 is 9.18 Å². The van der Waals surface area contributed by atoms with E-state index in [0.29, 0.717) is 24.2 Å². The van der Waals surface area contributed by atoms with Crippen LogP contribution in [0, 0.1) is 11.7 Å². The van der Waals surface area contributed by atoms with Crippen LogP contribution in [0.4, 0.5) is 10.1 Å². The SMILES string of the molecule is C=CC1CC(=O)N(c2cccc(F)c2CN)C1. The van der Waals surface area contributed by atoms with Crippen molar-refractivity contribution in [3.05, 3.63) is 42.2 Å². The molecule has 0 bridgehead atoms. The number of nitrogens with two attached hydrogens (primary N) is 1. The third-order valence-corrected chi connectivity index (χ3v) is 3.08. The molecule has 0 saturated carbocycles. The number of hydrogen-bond acceptors (Lipinski definition) is 2. The summed E-state index contributed by atoms with van der Waals surface area (Å²) in [7, 11) is 0. The van der Waals surface area contributed by atoms with Crippen molar-refractivity contribution in [1.29, 1.82) is 0 Å². The van der Waals surface area contributed by atoms with E-state index < -0.39 is 0 Å². The zero-order chi connectivity index (χ0) is 12.4. The Hall–Kier alpha value is -1.68. The summed E-state index contributed by atoms with van der Waals surface area (Å²) in [5.41, 5.74) is 6.51. The molecule has 1 aromatic carbocycles. The van der Waals surface area contributed by atoms with Crippen LogP contribution in [-0.4, -0.2) is 12.5 Å². The van der Waals surface area contributed by atoms with E-state index in [4.69, 9.17) is 5.73 Å². The fourth-order valence-electron chi connectivity index (χ4n) is 2.13. The Bertz CT molecular complexity index is 459. The maximum absolute atomic E-state index is 13.6. The van der Waals surface area contributed by atoms with Gasteiger partial charge in [0.1, 0.15) is 5.82 Å². The van der Waals surface area contributed by atoms with E-state index in [2.05, 4.69) is 6.58 Å². The highest BCUT2D eigenvalue weighted by Crippen LogP contribution is 2.29. The largest absolute Gasteiger partial charge is 0.326 e. The van der Waals surface area contributed by atoms with E-state index in [-0.39, 0.29) is 24.2 Å². The van der Waals surface area contributed by atoms with E-state index >= 15 is 0 Å². The van der Waals surface area contributed by atoms with Crippen molar-refractivity contribution >= 4 is 11.6 Å². The van der Waals surface area contributed by atoms with Crippen molar-refractivity contribution in [1.82, 2.24) is 0 Å². The molecule has 0 spiro atoms. The summed E-state index contributed by atoms with van der Waals surface area (Å²) in [5.74, 6) is -0.230. The first-order valence-electron chi connectivity index (χ1n) is 5.57.